The molecule has 0 atom stereocenters. The molecule has 2 rings (SSSR count). The topological polar surface area (TPSA) is 75.5 Å². The molecule has 0 bridgehead atoms. The zero-order chi connectivity index (χ0) is 11.5. The van der Waals surface area contributed by atoms with E-state index in [0.717, 1.165) is 13.1 Å². The van der Waals surface area contributed by atoms with Gasteiger partial charge in [-0.1, -0.05) is 0 Å². The highest BCUT2D eigenvalue weighted by atomic mass is 16.5. The van der Waals surface area contributed by atoms with Gasteiger partial charge < -0.3 is 14.7 Å². The molecule has 86 valence electrons. The summed E-state index contributed by atoms with van der Waals surface area (Å²) < 4.78 is 5.24. The number of morpholine rings is 1. The molecule has 6 nitrogen and oxygen atoms in total. The van der Waals surface area contributed by atoms with Crippen molar-refractivity contribution in [3.8, 4) is 0 Å². The summed E-state index contributed by atoms with van der Waals surface area (Å²) in [6, 6.07) is 0. The van der Waals surface area contributed by atoms with Crippen LogP contribution in [0.3, 0.4) is 0 Å². The molecule has 1 aliphatic rings. The maximum Gasteiger partial charge on any atom is 0.354 e. The van der Waals surface area contributed by atoms with E-state index in [1.54, 1.807) is 6.92 Å². The molecule has 0 aromatic carbocycles. The SMILES string of the molecule is Cc1c(C(=O)O)ncnc1N1CCOCC1. The molecule has 0 spiro atoms. The number of ether oxygens (including phenoxy) is 1. The quantitative estimate of drug-likeness (QED) is 0.778. The second-order valence-electron chi connectivity index (χ2n) is 3.58. The van der Waals surface area contributed by atoms with Crippen LogP contribution >= 0.6 is 0 Å². The van der Waals surface area contributed by atoms with Crippen LogP contribution < -0.4 is 4.90 Å². The first kappa shape index (κ1) is 10.8. The summed E-state index contributed by atoms with van der Waals surface area (Å²) in [7, 11) is 0. The van der Waals surface area contributed by atoms with Crippen molar-refractivity contribution in [1.82, 2.24) is 9.97 Å². The molecule has 0 amide bonds. The van der Waals surface area contributed by atoms with Crippen LogP contribution in [-0.4, -0.2) is 47.3 Å². The molecule has 1 fully saturated rings. The molecule has 1 aliphatic heterocycles. The average Bonchev–Trinajstić information content (AvgIpc) is 2.30. The van der Waals surface area contributed by atoms with Crippen molar-refractivity contribution in [2.24, 2.45) is 0 Å². The Hall–Kier alpha value is -1.69. The average molecular weight is 223 g/mol. The molecule has 16 heavy (non-hydrogen) atoms. The molecule has 1 saturated heterocycles. The summed E-state index contributed by atoms with van der Waals surface area (Å²) in [5.74, 6) is -0.329. The minimum Gasteiger partial charge on any atom is -0.476 e. The zero-order valence-electron chi connectivity index (χ0n) is 9.01. The molecule has 0 unspecified atom stereocenters. The van der Waals surface area contributed by atoms with E-state index in [4.69, 9.17) is 9.84 Å². The first-order valence-corrected chi connectivity index (χ1v) is 5.07. The van der Waals surface area contributed by atoms with Crippen molar-refractivity contribution in [1.29, 1.82) is 0 Å². The summed E-state index contributed by atoms with van der Waals surface area (Å²) in [6.07, 6.45) is 1.29. The maximum atomic E-state index is 10.9. The van der Waals surface area contributed by atoms with E-state index in [2.05, 4.69) is 9.97 Å². The van der Waals surface area contributed by atoms with Crippen LogP contribution in [0.15, 0.2) is 6.33 Å². The van der Waals surface area contributed by atoms with Crippen molar-refractivity contribution in [3.05, 3.63) is 17.6 Å². The minimum atomic E-state index is -1.02. The standard InChI is InChI=1S/C10H13N3O3/c1-7-8(10(14)15)11-6-12-9(7)13-2-4-16-5-3-13/h6H,2-5H2,1H3,(H,14,15). The molecule has 0 aliphatic carbocycles. The van der Waals surface area contributed by atoms with Crippen LogP contribution in [0.5, 0.6) is 0 Å². The molecule has 0 saturated carbocycles. The van der Waals surface area contributed by atoms with Gasteiger partial charge in [-0.3, -0.25) is 0 Å². The third-order valence-corrected chi connectivity index (χ3v) is 2.57. The second kappa shape index (κ2) is 4.44. The largest absolute Gasteiger partial charge is 0.476 e. The molecular formula is C10H13N3O3. The molecule has 1 aromatic heterocycles. The van der Waals surface area contributed by atoms with Gasteiger partial charge in [0.25, 0.3) is 0 Å². The highest BCUT2D eigenvalue weighted by molar-refractivity contribution is 5.88. The van der Waals surface area contributed by atoms with Crippen molar-refractivity contribution in [2.45, 2.75) is 6.92 Å². The van der Waals surface area contributed by atoms with E-state index in [1.807, 2.05) is 4.90 Å². The minimum absolute atomic E-state index is 0.0662. The van der Waals surface area contributed by atoms with E-state index < -0.39 is 5.97 Å². The Kier molecular flexibility index (Phi) is 3.00. The van der Waals surface area contributed by atoms with Gasteiger partial charge in [-0.05, 0) is 6.92 Å². The van der Waals surface area contributed by atoms with Crippen molar-refractivity contribution in [2.75, 3.05) is 31.2 Å². The molecule has 0 radical (unpaired) electrons. The Morgan fingerprint density at radius 3 is 2.75 bits per heavy atom. The van der Waals surface area contributed by atoms with Gasteiger partial charge in [-0.2, -0.15) is 0 Å². The fraction of sp³-hybridized carbons (Fsp3) is 0.500. The third kappa shape index (κ3) is 1.96. The van der Waals surface area contributed by atoms with E-state index in [0.29, 0.717) is 24.6 Å². The number of carboxylic acid groups (broad SMARTS) is 1. The summed E-state index contributed by atoms with van der Waals surface area (Å²) >= 11 is 0. The van der Waals surface area contributed by atoms with Crippen molar-refractivity contribution < 1.29 is 14.6 Å². The van der Waals surface area contributed by atoms with Crippen LogP contribution in [0.4, 0.5) is 5.82 Å². The molecule has 1 aromatic rings. The number of aromatic nitrogens is 2. The zero-order valence-corrected chi connectivity index (χ0v) is 9.01. The van der Waals surface area contributed by atoms with Crippen LogP contribution in [0, 0.1) is 6.92 Å². The van der Waals surface area contributed by atoms with Gasteiger partial charge >= 0.3 is 5.97 Å². The van der Waals surface area contributed by atoms with Crippen LogP contribution in [0.1, 0.15) is 16.1 Å². The number of carboxylic acids is 1. The normalized spacial score (nSPS) is 16.2. The first-order valence-electron chi connectivity index (χ1n) is 5.07. The lowest BCUT2D eigenvalue weighted by atomic mass is 10.2. The number of hydrogen-bond donors (Lipinski definition) is 1. The summed E-state index contributed by atoms with van der Waals surface area (Å²) in [4.78, 5) is 20.8. The van der Waals surface area contributed by atoms with Crippen LogP contribution in [0.25, 0.3) is 0 Å². The number of anilines is 1. The Balaban J connectivity index is 2.33. The Bertz CT molecular complexity index is 402. The lowest BCUT2D eigenvalue weighted by Crippen LogP contribution is -2.37. The van der Waals surface area contributed by atoms with Gasteiger partial charge in [0.2, 0.25) is 0 Å². The smallest absolute Gasteiger partial charge is 0.354 e. The van der Waals surface area contributed by atoms with Crippen molar-refractivity contribution in [3.63, 3.8) is 0 Å². The van der Waals surface area contributed by atoms with E-state index >= 15 is 0 Å². The lowest BCUT2D eigenvalue weighted by Gasteiger charge is -2.28. The molecule has 1 N–H and O–H groups in total. The molecule has 2 heterocycles. The Morgan fingerprint density at radius 1 is 1.44 bits per heavy atom. The predicted molar refractivity (Wildman–Crippen MR) is 56.8 cm³/mol. The van der Waals surface area contributed by atoms with Crippen molar-refractivity contribution >= 4 is 11.8 Å². The van der Waals surface area contributed by atoms with Gasteiger partial charge in [0.15, 0.2) is 5.69 Å². The predicted octanol–water partition coefficient (Wildman–Crippen LogP) is 0.320. The summed E-state index contributed by atoms with van der Waals surface area (Å²) in [5, 5.41) is 8.95. The third-order valence-electron chi connectivity index (χ3n) is 2.57. The summed E-state index contributed by atoms with van der Waals surface area (Å²) in [6.45, 7) is 4.49. The van der Waals surface area contributed by atoms with Crippen LogP contribution in [-0.2, 0) is 4.74 Å². The molecule has 6 heteroatoms. The lowest BCUT2D eigenvalue weighted by molar-refractivity contribution is 0.0689. The number of aromatic carboxylic acids is 1. The highest BCUT2D eigenvalue weighted by Crippen LogP contribution is 2.19. The highest BCUT2D eigenvalue weighted by Gasteiger charge is 2.19. The van der Waals surface area contributed by atoms with Gasteiger partial charge in [0, 0.05) is 18.7 Å². The van der Waals surface area contributed by atoms with Gasteiger partial charge in [-0.15, -0.1) is 0 Å². The molecular weight excluding hydrogens is 210 g/mol. The number of hydrogen-bond acceptors (Lipinski definition) is 5. The van der Waals surface area contributed by atoms with Gasteiger partial charge in [0.1, 0.15) is 12.1 Å². The Morgan fingerprint density at radius 2 is 2.12 bits per heavy atom. The first-order chi connectivity index (χ1) is 7.70. The van der Waals surface area contributed by atoms with Gasteiger partial charge in [-0.25, -0.2) is 14.8 Å². The fourth-order valence-corrected chi connectivity index (χ4v) is 1.75. The number of rotatable bonds is 2. The van der Waals surface area contributed by atoms with Crippen LogP contribution in [0.2, 0.25) is 0 Å². The summed E-state index contributed by atoms with van der Waals surface area (Å²) in [5.41, 5.74) is 0.674. The number of carbonyl (C=O) groups is 1. The fourth-order valence-electron chi connectivity index (χ4n) is 1.75. The van der Waals surface area contributed by atoms with E-state index in [-0.39, 0.29) is 5.69 Å². The Labute approximate surface area is 92.9 Å². The van der Waals surface area contributed by atoms with E-state index in [1.165, 1.54) is 6.33 Å². The number of nitrogens with zero attached hydrogens (tertiary/aromatic N) is 3. The second-order valence-corrected chi connectivity index (χ2v) is 3.58. The van der Waals surface area contributed by atoms with E-state index in [9.17, 15) is 4.79 Å². The monoisotopic (exact) mass is 223 g/mol. The maximum absolute atomic E-state index is 10.9. The van der Waals surface area contributed by atoms with Gasteiger partial charge in [0.05, 0.1) is 13.2 Å².